The van der Waals surface area contributed by atoms with Crippen molar-refractivity contribution in [3.63, 3.8) is 0 Å². The summed E-state index contributed by atoms with van der Waals surface area (Å²) in [6, 6.07) is 13.2. The quantitative estimate of drug-likeness (QED) is 0.797. The molecule has 2 N–H and O–H groups in total. The number of carbonyl (C=O) groups is 1. The second-order valence-corrected chi connectivity index (χ2v) is 6.82. The third-order valence-corrected chi connectivity index (χ3v) is 5.04. The molecule has 2 aromatic rings. The van der Waals surface area contributed by atoms with E-state index >= 15 is 0 Å². The Balaban J connectivity index is 1.52. The third-order valence-electron chi connectivity index (χ3n) is 4.79. The van der Waals surface area contributed by atoms with Gasteiger partial charge in [-0.05, 0) is 40.9 Å². The van der Waals surface area contributed by atoms with E-state index in [2.05, 4.69) is 5.32 Å². The monoisotopic (exact) mass is 356 g/mol. The van der Waals surface area contributed by atoms with Crippen LogP contribution in [0.5, 0.6) is 0 Å². The number of nitrogens with zero attached hydrogens (tertiary/aromatic N) is 1. The number of nitrogens with one attached hydrogen (secondary N) is 1. The fourth-order valence-electron chi connectivity index (χ4n) is 3.38. The van der Waals surface area contributed by atoms with Crippen LogP contribution in [0, 0.1) is 0 Å². The van der Waals surface area contributed by atoms with Gasteiger partial charge in [0.1, 0.15) is 0 Å². The van der Waals surface area contributed by atoms with Crippen molar-refractivity contribution in [1.29, 1.82) is 0 Å². The second-order valence-electron chi connectivity index (χ2n) is 6.39. The minimum atomic E-state index is -0.937. The summed E-state index contributed by atoms with van der Waals surface area (Å²) in [4.78, 5) is 14.7. The average molecular weight is 357 g/mol. The van der Waals surface area contributed by atoms with Crippen LogP contribution in [0.4, 0.5) is 0 Å². The van der Waals surface area contributed by atoms with E-state index in [-0.39, 0.29) is 11.9 Å². The number of piperazine rings is 1. The van der Waals surface area contributed by atoms with E-state index in [0.717, 1.165) is 17.7 Å². The Bertz CT molecular complexity index is 799. The number of rotatable bonds is 2. The van der Waals surface area contributed by atoms with Crippen molar-refractivity contribution >= 4 is 30.1 Å². The molecule has 0 saturated carbocycles. The van der Waals surface area contributed by atoms with Crippen LogP contribution in [0.25, 0.3) is 0 Å². The number of halogens is 1. The van der Waals surface area contributed by atoms with Gasteiger partial charge in [0.15, 0.2) is 0 Å². The largest absolute Gasteiger partial charge is 0.491 e. The predicted octanol–water partition coefficient (Wildman–Crippen LogP) is 1.34. The molecule has 2 aliphatic heterocycles. The first-order valence-electron chi connectivity index (χ1n) is 8.32. The highest BCUT2D eigenvalue weighted by molar-refractivity contribution is 6.61. The lowest BCUT2D eigenvalue weighted by Gasteiger charge is -2.34. The van der Waals surface area contributed by atoms with Crippen molar-refractivity contribution in [2.24, 2.45) is 0 Å². The molecule has 0 spiro atoms. The van der Waals surface area contributed by atoms with E-state index in [1.165, 1.54) is 0 Å². The van der Waals surface area contributed by atoms with Gasteiger partial charge >= 0.3 is 7.12 Å². The molecule has 128 valence electrons. The summed E-state index contributed by atoms with van der Waals surface area (Å²) >= 11 is 5.95. The Morgan fingerprint density at radius 3 is 2.88 bits per heavy atom. The zero-order chi connectivity index (χ0) is 17.4. The van der Waals surface area contributed by atoms with Crippen LogP contribution in [-0.2, 0) is 11.3 Å². The molecule has 0 aromatic heterocycles. The molecule has 0 radical (unpaired) electrons. The van der Waals surface area contributed by atoms with Crippen molar-refractivity contribution < 1.29 is 14.5 Å². The van der Waals surface area contributed by atoms with Crippen molar-refractivity contribution in [3.05, 3.63) is 64.2 Å². The molecule has 0 bridgehead atoms. The lowest BCUT2D eigenvalue weighted by Crippen LogP contribution is -2.48. The van der Waals surface area contributed by atoms with Gasteiger partial charge < -0.3 is 19.9 Å². The third kappa shape index (κ3) is 3.31. The van der Waals surface area contributed by atoms with Gasteiger partial charge in [-0.25, -0.2) is 0 Å². The zero-order valence-electron chi connectivity index (χ0n) is 13.6. The van der Waals surface area contributed by atoms with Crippen LogP contribution in [0.1, 0.15) is 27.5 Å². The van der Waals surface area contributed by atoms with Gasteiger partial charge in [-0.15, -0.1) is 0 Å². The molecule has 0 aliphatic carbocycles. The number of carbonyl (C=O) groups excluding carboxylic acids is 1. The number of fused-ring (bicyclic) bond motifs is 1. The first kappa shape index (κ1) is 16.6. The van der Waals surface area contributed by atoms with E-state index < -0.39 is 7.12 Å². The average Bonchev–Trinajstić information content (AvgIpc) is 3.02. The SMILES string of the molecule is O=C(c1ccc2c(c1)B(O)OC2)N1CCN[C@H](c2ccc(Cl)cc2)C1. The van der Waals surface area contributed by atoms with Gasteiger partial charge in [0, 0.05) is 36.3 Å². The maximum absolute atomic E-state index is 12.9. The summed E-state index contributed by atoms with van der Waals surface area (Å²) in [5.74, 6) is -0.0256. The molecule has 5 nitrogen and oxygen atoms in total. The van der Waals surface area contributed by atoms with Crippen molar-refractivity contribution in [1.82, 2.24) is 10.2 Å². The predicted molar refractivity (Wildman–Crippen MR) is 96.9 cm³/mol. The van der Waals surface area contributed by atoms with Gasteiger partial charge in [0.25, 0.3) is 5.91 Å². The molecule has 2 heterocycles. The first-order valence-corrected chi connectivity index (χ1v) is 8.70. The van der Waals surface area contributed by atoms with Gasteiger partial charge in [-0.3, -0.25) is 4.79 Å². The normalized spacial score (nSPS) is 19.8. The second kappa shape index (κ2) is 6.80. The highest BCUT2D eigenvalue weighted by atomic mass is 35.5. The highest BCUT2D eigenvalue weighted by Crippen LogP contribution is 2.21. The maximum atomic E-state index is 12.9. The van der Waals surface area contributed by atoms with Gasteiger partial charge in [-0.1, -0.05) is 29.8 Å². The number of hydrogen-bond acceptors (Lipinski definition) is 4. The Labute approximate surface area is 151 Å². The molecule has 7 heteroatoms. The Morgan fingerprint density at radius 2 is 2.08 bits per heavy atom. The number of hydrogen-bond donors (Lipinski definition) is 2. The lowest BCUT2D eigenvalue weighted by molar-refractivity contribution is 0.0703. The molecule has 4 rings (SSSR count). The van der Waals surface area contributed by atoms with Gasteiger partial charge in [-0.2, -0.15) is 0 Å². The van der Waals surface area contributed by atoms with Crippen LogP contribution < -0.4 is 10.8 Å². The molecule has 1 fully saturated rings. The fourth-order valence-corrected chi connectivity index (χ4v) is 3.51. The molecule has 2 aliphatic rings. The summed E-state index contributed by atoms with van der Waals surface area (Å²) in [5, 5.41) is 14.0. The summed E-state index contributed by atoms with van der Waals surface area (Å²) in [6.07, 6.45) is 0. The van der Waals surface area contributed by atoms with Crippen LogP contribution in [-0.4, -0.2) is 42.6 Å². The molecule has 1 saturated heterocycles. The Morgan fingerprint density at radius 1 is 1.28 bits per heavy atom. The van der Waals surface area contributed by atoms with Crippen LogP contribution in [0.3, 0.4) is 0 Å². The van der Waals surface area contributed by atoms with Crippen LogP contribution >= 0.6 is 11.6 Å². The van der Waals surface area contributed by atoms with E-state index in [1.54, 1.807) is 6.07 Å². The summed E-state index contributed by atoms with van der Waals surface area (Å²) in [5.41, 5.74) is 3.32. The Hall–Kier alpha value is -1.86. The van der Waals surface area contributed by atoms with Crippen LogP contribution in [0.2, 0.25) is 5.02 Å². The van der Waals surface area contributed by atoms with E-state index in [4.69, 9.17) is 16.3 Å². The molecule has 25 heavy (non-hydrogen) atoms. The first-order chi connectivity index (χ1) is 12.1. The lowest BCUT2D eigenvalue weighted by atomic mass is 9.78. The molecule has 2 aromatic carbocycles. The van der Waals surface area contributed by atoms with Crippen molar-refractivity contribution in [2.75, 3.05) is 19.6 Å². The minimum absolute atomic E-state index is 0.0256. The number of benzene rings is 2. The van der Waals surface area contributed by atoms with E-state index in [0.29, 0.717) is 35.7 Å². The van der Waals surface area contributed by atoms with E-state index in [9.17, 15) is 9.82 Å². The van der Waals surface area contributed by atoms with Crippen molar-refractivity contribution in [3.8, 4) is 0 Å². The van der Waals surface area contributed by atoms with Crippen molar-refractivity contribution in [2.45, 2.75) is 12.6 Å². The summed E-state index contributed by atoms with van der Waals surface area (Å²) in [7, 11) is -0.937. The summed E-state index contributed by atoms with van der Waals surface area (Å²) < 4.78 is 5.20. The molecule has 1 atom stereocenters. The Kier molecular flexibility index (Phi) is 4.52. The zero-order valence-corrected chi connectivity index (χ0v) is 14.4. The smallest absolute Gasteiger partial charge is 0.423 e. The van der Waals surface area contributed by atoms with Gasteiger partial charge in [0.05, 0.1) is 6.61 Å². The standard InChI is InChI=1S/C18H18BClN2O3/c20-15-5-3-12(4-6-15)17-10-22(8-7-21-17)18(23)13-1-2-14-11-25-19(24)16(14)9-13/h1-6,9,17,21,24H,7-8,10-11H2/t17-/m0/s1. The topological polar surface area (TPSA) is 61.8 Å². The molecule has 0 unspecified atom stereocenters. The van der Waals surface area contributed by atoms with Gasteiger partial charge in [0.2, 0.25) is 0 Å². The van der Waals surface area contributed by atoms with Crippen LogP contribution in [0.15, 0.2) is 42.5 Å². The van der Waals surface area contributed by atoms with E-state index in [1.807, 2.05) is 41.3 Å². The molecular weight excluding hydrogens is 338 g/mol. The molecular formula is C18H18BClN2O3. The summed E-state index contributed by atoms with van der Waals surface area (Å²) in [6.45, 7) is 2.36. The molecule has 1 amide bonds. The number of amides is 1. The highest BCUT2D eigenvalue weighted by Gasteiger charge is 2.30. The maximum Gasteiger partial charge on any atom is 0.491 e. The fraction of sp³-hybridized carbons (Fsp3) is 0.278. The minimum Gasteiger partial charge on any atom is -0.423 e.